The summed E-state index contributed by atoms with van der Waals surface area (Å²) < 4.78 is 0. The van der Waals surface area contributed by atoms with Gasteiger partial charge >= 0.3 is 0 Å². The Balaban J connectivity index is 2.14. The SMILES string of the molecule is Cc1cccc(NC(=O)c2ccc(Cl)nn2)n1. The second kappa shape index (κ2) is 4.88. The molecular weight excluding hydrogens is 240 g/mol. The van der Waals surface area contributed by atoms with Gasteiger partial charge in [-0.3, -0.25) is 4.79 Å². The molecule has 2 aromatic rings. The summed E-state index contributed by atoms with van der Waals surface area (Å²) in [4.78, 5) is 15.9. The third kappa shape index (κ3) is 2.98. The summed E-state index contributed by atoms with van der Waals surface area (Å²) >= 11 is 5.58. The Bertz CT molecular complexity index is 541. The molecule has 6 heteroatoms. The lowest BCUT2D eigenvalue weighted by Crippen LogP contribution is -2.15. The lowest BCUT2D eigenvalue weighted by Gasteiger charge is -2.03. The van der Waals surface area contributed by atoms with Crippen LogP contribution in [0.3, 0.4) is 0 Å². The number of amides is 1. The second-order valence-corrected chi connectivity index (χ2v) is 3.75. The number of rotatable bonds is 2. The molecule has 0 aromatic carbocycles. The van der Waals surface area contributed by atoms with Gasteiger partial charge in [0.1, 0.15) is 5.82 Å². The van der Waals surface area contributed by atoms with E-state index in [2.05, 4.69) is 20.5 Å². The van der Waals surface area contributed by atoms with Crippen LogP contribution in [0.2, 0.25) is 5.15 Å². The zero-order valence-corrected chi connectivity index (χ0v) is 9.77. The van der Waals surface area contributed by atoms with Crippen molar-refractivity contribution in [2.45, 2.75) is 6.92 Å². The van der Waals surface area contributed by atoms with E-state index in [4.69, 9.17) is 11.6 Å². The second-order valence-electron chi connectivity index (χ2n) is 3.36. The molecule has 0 fully saturated rings. The lowest BCUT2D eigenvalue weighted by molar-refractivity contribution is 0.102. The smallest absolute Gasteiger partial charge is 0.277 e. The first-order chi connectivity index (χ1) is 8.15. The van der Waals surface area contributed by atoms with Crippen molar-refractivity contribution in [3.63, 3.8) is 0 Å². The topological polar surface area (TPSA) is 67.8 Å². The van der Waals surface area contributed by atoms with Crippen molar-refractivity contribution in [2.75, 3.05) is 5.32 Å². The fourth-order valence-corrected chi connectivity index (χ4v) is 1.33. The third-order valence-electron chi connectivity index (χ3n) is 1.99. The molecule has 0 radical (unpaired) electrons. The molecule has 0 aliphatic rings. The van der Waals surface area contributed by atoms with Crippen LogP contribution in [0.5, 0.6) is 0 Å². The van der Waals surface area contributed by atoms with Crippen molar-refractivity contribution < 1.29 is 4.79 Å². The maximum atomic E-state index is 11.7. The zero-order valence-electron chi connectivity index (χ0n) is 9.01. The number of nitrogens with one attached hydrogen (secondary N) is 1. The number of halogens is 1. The van der Waals surface area contributed by atoms with E-state index >= 15 is 0 Å². The van der Waals surface area contributed by atoms with E-state index in [1.54, 1.807) is 6.07 Å². The number of aryl methyl sites for hydroxylation is 1. The van der Waals surface area contributed by atoms with Gasteiger partial charge < -0.3 is 5.32 Å². The van der Waals surface area contributed by atoms with Crippen LogP contribution >= 0.6 is 11.6 Å². The highest BCUT2D eigenvalue weighted by molar-refractivity contribution is 6.29. The first kappa shape index (κ1) is 11.5. The van der Waals surface area contributed by atoms with Crippen molar-refractivity contribution in [1.82, 2.24) is 15.2 Å². The van der Waals surface area contributed by atoms with Gasteiger partial charge in [0.2, 0.25) is 0 Å². The molecule has 0 aliphatic carbocycles. The molecule has 5 nitrogen and oxygen atoms in total. The summed E-state index contributed by atoms with van der Waals surface area (Å²) in [6, 6.07) is 8.37. The maximum Gasteiger partial charge on any atom is 0.277 e. The van der Waals surface area contributed by atoms with Crippen molar-refractivity contribution in [3.8, 4) is 0 Å². The average molecular weight is 249 g/mol. The average Bonchev–Trinajstić information content (AvgIpc) is 2.29. The molecule has 2 rings (SSSR count). The Hall–Kier alpha value is -2.01. The van der Waals surface area contributed by atoms with Crippen LogP contribution in [-0.2, 0) is 0 Å². The Labute approximate surface area is 103 Å². The standard InChI is InChI=1S/C11H9ClN4O/c1-7-3-2-4-10(13-7)14-11(17)8-5-6-9(12)16-15-8/h2-6H,1H3,(H,13,14,17). The van der Waals surface area contributed by atoms with Crippen molar-refractivity contribution in [2.24, 2.45) is 0 Å². The van der Waals surface area contributed by atoms with E-state index < -0.39 is 0 Å². The molecule has 1 amide bonds. The highest BCUT2D eigenvalue weighted by atomic mass is 35.5. The Kier molecular flexibility index (Phi) is 3.30. The highest BCUT2D eigenvalue weighted by Crippen LogP contribution is 2.07. The van der Waals surface area contributed by atoms with E-state index in [-0.39, 0.29) is 16.8 Å². The maximum absolute atomic E-state index is 11.7. The van der Waals surface area contributed by atoms with E-state index in [1.165, 1.54) is 12.1 Å². The van der Waals surface area contributed by atoms with Gasteiger partial charge in [-0.1, -0.05) is 17.7 Å². The number of pyridine rings is 1. The first-order valence-electron chi connectivity index (χ1n) is 4.89. The van der Waals surface area contributed by atoms with Crippen LogP contribution in [0, 0.1) is 6.92 Å². The van der Waals surface area contributed by atoms with Crippen LogP contribution in [0.1, 0.15) is 16.2 Å². The van der Waals surface area contributed by atoms with Crippen LogP contribution in [0.15, 0.2) is 30.3 Å². The van der Waals surface area contributed by atoms with E-state index in [0.717, 1.165) is 5.69 Å². The molecule has 0 saturated carbocycles. The number of aromatic nitrogens is 3. The molecule has 0 spiro atoms. The monoisotopic (exact) mass is 248 g/mol. The molecule has 17 heavy (non-hydrogen) atoms. The molecule has 86 valence electrons. The molecule has 2 aromatic heterocycles. The largest absolute Gasteiger partial charge is 0.305 e. The molecule has 0 unspecified atom stereocenters. The van der Waals surface area contributed by atoms with Gasteiger partial charge in [-0.15, -0.1) is 10.2 Å². The Morgan fingerprint density at radius 2 is 2.06 bits per heavy atom. The van der Waals surface area contributed by atoms with Gasteiger partial charge in [0, 0.05) is 5.69 Å². The van der Waals surface area contributed by atoms with Gasteiger partial charge in [0.05, 0.1) is 0 Å². The van der Waals surface area contributed by atoms with Crippen molar-refractivity contribution in [1.29, 1.82) is 0 Å². The molecule has 1 N–H and O–H groups in total. The molecule has 0 bridgehead atoms. The minimum Gasteiger partial charge on any atom is -0.305 e. The summed E-state index contributed by atoms with van der Waals surface area (Å²) in [5.41, 5.74) is 1.02. The van der Waals surface area contributed by atoms with Crippen molar-refractivity contribution >= 4 is 23.3 Å². The summed E-state index contributed by atoms with van der Waals surface area (Å²) in [7, 11) is 0. The van der Waals surface area contributed by atoms with Gasteiger partial charge in [-0.2, -0.15) is 0 Å². The summed E-state index contributed by atoms with van der Waals surface area (Å²) in [5, 5.41) is 10.1. The molecule has 0 saturated heterocycles. The quantitative estimate of drug-likeness (QED) is 0.884. The van der Waals surface area contributed by atoms with Crippen LogP contribution < -0.4 is 5.32 Å². The van der Waals surface area contributed by atoms with Crippen LogP contribution in [0.25, 0.3) is 0 Å². The lowest BCUT2D eigenvalue weighted by atomic mass is 10.3. The number of anilines is 1. The number of carbonyl (C=O) groups is 1. The minimum atomic E-state index is -0.368. The molecule has 2 heterocycles. The normalized spacial score (nSPS) is 10.0. The number of hydrogen-bond donors (Lipinski definition) is 1. The van der Waals surface area contributed by atoms with Crippen LogP contribution in [-0.4, -0.2) is 21.1 Å². The number of nitrogens with zero attached hydrogens (tertiary/aromatic N) is 3. The molecule has 0 aliphatic heterocycles. The molecule has 0 atom stereocenters. The summed E-state index contributed by atoms with van der Waals surface area (Å²) in [5.74, 6) is 0.110. The van der Waals surface area contributed by atoms with Gasteiger partial charge in [0.15, 0.2) is 10.8 Å². The van der Waals surface area contributed by atoms with Gasteiger partial charge in [-0.05, 0) is 31.2 Å². The predicted octanol–water partition coefficient (Wildman–Crippen LogP) is 2.09. The minimum absolute atomic E-state index is 0.192. The Morgan fingerprint density at radius 1 is 1.24 bits per heavy atom. The molecular formula is C11H9ClN4O. The highest BCUT2D eigenvalue weighted by Gasteiger charge is 2.08. The fraction of sp³-hybridized carbons (Fsp3) is 0.0909. The van der Waals surface area contributed by atoms with Crippen LogP contribution in [0.4, 0.5) is 5.82 Å². The van der Waals surface area contributed by atoms with Gasteiger partial charge in [-0.25, -0.2) is 4.98 Å². The third-order valence-corrected chi connectivity index (χ3v) is 2.20. The summed E-state index contributed by atoms with van der Waals surface area (Å²) in [6.45, 7) is 1.84. The van der Waals surface area contributed by atoms with E-state index in [9.17, 15) is 4.79 Å². The summed E-state index contributed by atoms with van der Waals surface area (Å²) in [6.07, 6.45) is 0. The fourth-order valence-electron chi connectivity index (χ4n) is 1.23. The first-order valence-corrected chi connectivity index (χ1v) is 5.27. The number of hydrogen-bond acceptors (Lipinski definition) is 4. The van der Waals surface area contributed by atoms with E-state index in [1.807, 2.05) is 19.1 Å². The Morgan fingerprint density at radius 3 is 2.71 bits per heavy atom. The van der Waals surface area contributed by atoms with Gasteiger partial charge in [0.25, 0.3) is 5.91 Å². The van der Waals surface area contributed by atoms with Crippen molar-refractivity contribution in [3.05, 3.63) is 46.9 Å². The number of carbonyl (C=O) groups excluding carboxylic acids is 1. The zero-order chi connectivity index (χ0) is 12.3. The predicted molar refractivity (Wildman–Crippen MR) is 64.0 cm³/mol. The van der Waals surface area contributed by atoms with E-state index in [0.29, 0.717) is 5.82 Å².